The van der Waals surface area contributed by atoms with Crippen LogP contribution in [0.1, 0.15) is 22.5 Å². The van der Waals surface area contributed by atoms with Gasteiger partial charge in [-0.25, -0.2) is 4.98 Å². The van der Waals surface area contributed by atoms with Crippen molar-refractivity contribution in [1.29, 1.82) is 0 Å². The molecule has 0 aliphatic heterocycles. The zero-order chi connectivity index (χ0) is 18.3. The van der Waals surface area contributed by atoms with Crippen molar-refractivity contribution in [3.05, 3.63) is 65.2 Å². The highest BCUT2D eigenvalue weighted by Crippen LogP contribution is 2.26. The fourth-order valence-electron chi connectivity index (χ4n) is 3.29. The van der Waals surface area contributed by atoms with Crippen LogP contribution in [0.2, 0.25) is 0 Å². The molecule has 0 fully saturated rings. The number of furan rings is 1. The lowest BCUT2D eigenvalue weighted by Gasteiger charge is -2.05. The molecule has 4 rings (SSSR count). The van der Waals surface area contributed by atoms with E-state index in [-0.39, 0.29) is 5.91 Å². The van der Waals surface area contributed by atoms with E-state index in [0.717, 1.165) is 39.0 Å². The quantitative estimate of drug-likeness (QED) is 0.611. The molecule has 0 aliphatic carbocycles. The molecule has 4 aromatic rings. The average Bonchev–Trinajstić information content (AvgIpc) is 3.18. The van der Waals surface area contributed by atoms with Crippen LogP contribution < -0.4 is 5.32 Å². The van der Waals surface area contributed by atoms with Gasteiger partial charge >= 0.3 is 0 Å². The largest absolute Gasteiger partial charge is 0.464 e. The minimum Gasteiger partial charge on any atom is -0.464 e. The lowest BCUT2D eigenvalue weighted by Crippen LogP contribution is -2.25. The first kappa shape index (κ1) is 16.4. The molecule has 0 saturated heterocycles. The number of fused-ring (bicyclic) bond motifs is 2. The number of nitrogens with zero attached hydrogens (tertiary/aromatic N) is 2. The van der Waals surface area contributed by atoms with E-state index < -0.39 is 0 Å². The summed E-state index contributed by atoms with van der Waals surface area (Å²) in [6.45, 7) is 4.50. The zero-order valence-electron chi connectivity index (χ0n) is 15.2. The Kier molecular flexibility index (Phi) is 3.99. The normalized spacial score (nSPS) is 11.3. The van der Waals surface area contributed by atoms with E-state index in [1.54, 1.807) is 6.26 Å². The van der Waals surface area contributed by atoms with Crippen LogP contribution in [0.25, 0.3) is 22.0 Å². The lowest BCUT2D eigenvalue weighted by atomic mass is 10.0. The van der Waals surface area contributed by atoms with Crippen LogP contribution in [-0.2, 0) is 24.8 Å². The summed E-state index contributed by atoms with van der Waals surface area (Å²) in [7, 11) is 1.96. The van der Waals surface area contributed by atoms with Gasteiger partial charge in [0.25, 0.3) is 0 Å². The van der Waals surface area contributed by atoms with Gasteiger partial charge in [0.05, 0.1) is 30.3 Å². The first-order valence-electron chi connectivity index (χ1n) is 8.68. The Labute approximate surface area is 151 Å². The summed E-state index contributed by atoms with van der Waals surface area (Å²) < 4.78 is 7.70. The third-order valence-corrected chi connectivity index (χ3v) is 5.02. The number of carbonyl (C=O) groups excluding carboxylic acids is 1. The Hall–Kier alpha value is -3.08. The van der Waals surface area contributed by atoms with Gasteiger partial charge in [-0.3, -0.25) is 4.79 Å². The highest BCUT2D eigenvalue weighted by Gasteiger charge is 2.14. The number of nitrogens with one attached hydrogen (secondary N) is 1. The zero-order valence-corrected chi connectivity index (χ0v) is 15.2. The first-order valence-corrected chi connectivity index (χ1v) is 8.68. The molecule has 26 heavy (non-hydrogen) atoms. The van der Waals surface area contributed by atoms with Crippen molar-refractivity contribution in [3.8, 4) is 0 Å². The van der Waals surface area contributed by atoms with Crippen molar-refractivity contribution >= 4 is 27.9 Å². The summed E-state index contributed by atoms with van der Waals surface area (Å²) >= 11 is 0. The van der Waals surface area contributed by atoms with Crippen molar-refractivity contribution < 1.29 is 9.21 Å². The van der Waals surface area contributed by atoms with E-state index >= 15 is 0 Å². The van der Waals surface area contributed by atoms with Crippen molar-refractivity contribution in [3.63, 3.8) is 0 Å². The van der Waals surface area contributed by atoms with Gasteiger partial charge in [0, 0.05) is 18.0 Å². The van der Waals surface area contributed by atoms with E-state index in [9.17, 15) is 4.79 Å². The van der Waals surface area contributed by atoms with Crippen LogP contribution >= 0.6 is 0 Å². The molecule has 0 radical (unpaired) electrons. The summed E-state index contributed by atoms with van der Waals surface area (Å²) in [5, 5.41) is 3.97. The first-order chi connectivity index (χ1) is 12.5. The van der Waals surface area contributed by atoms with Crippen LogP contribution in [0.5, 0.6) is 0 Å². The second-order valence-electron chi connectivity index (χ2n) is 6.67. The standard InChI is InChI=1S/C21H21N3O2/c1-13-8-9-16-15(12-26-21(16)14(13)2)10-20(25)22-11-19-23-17-6-4-5-7-18(17)24(19)3/h4-9,12H,10-11H2,1-3H3,(H,22,25). The average molecular weight is 347 g/mol. The van der Waals surface area contributed by atoms with Crippen molar-refractivity contribution in [1.82, 2.24) is 14.9 Å². The Morgan fingerprint density at radius 3 is 2.81 bits per heavy atom. The lowest BCUT2D eigenvalue weighted by molar-refractivity contribution is -0.120. The summed E-state index contributed by atoms with van der Waals surface area (Å²) in [5.74, 6) is 0.793. The topological polar surface area (TPSA) is 60.1 Å². The highest BCUT2D eigenvalue weighted by atomic mass is 16.3. The number of rotatable bonds is 4. The molecule has 2 aromatic heterocycles. The van der Waals surface area contributed by atoms with Crippen molar-refractivity contribution in [2.24, 2.45) is 7.05 Å². The van der Waals surface area contributed by atoms with Gasteiger partial charge in [-0.05, 0) is 37.1 Å². The Bertz CT molecular complexity index is 1120. The van der Waals surface area contributed by atoms with Gasteiger partial charge < -0.3 is 14.3 Å². The maximum atomic E-state index is 12.4. The third kappa shape index (κ3) is 2.75. The van der Waals surface area contributed by atoms with Crippen molar-refractivity contribution in [2.45, 2.75) is 26.8 Å². The number of aryl methyl sites for hydroxylation is 3. The monoisotopic (exact) mass is 347 g/mol. The SMILES string of the molecule is Cc1ccc2c(CC(=O)NCc3nc4ccccc4n3C)coc2c1C. The Balaban J connectivity index is 1.49. The van der Waals surface area contributed by atoms with Crippen LogP contribution in [-0.4, -0.2) is 15.5 Å². The molecule has 1 amide bonds. The molecule has 0 aliphatic rings. The van der Waals surface area contributed by atoms with Crippen LogP contribution in [0, 0.1) is 13.8 Å². The molecule has 5 nitrogen and oxygen atoms in total. The van der Waals surface area contributed by atoms with Crippen molar-refractivity contribution in [2.75, 3.05) is 0 Å². The molecule has 5 heteroatoms. The fraction of sp³-hybridized carbons (Fsp3) is 0.238. The smallest absolute Gasteiger partial charge is 0.224 e. The van der Waals surface area contributed by atoms with Gasteiger partial charge in [-0.1, -0.05) is 24.3 Å². The van der Waals surface area contributed by atoms with Gasteiger partial charge in [0.1, 0.15) is 11.4 Å². The number of benzene rings is 2. The number of amides is 1. The highest BCUT2D eigenvalue weighted by molar-refractivity contribution is 5.89. The summed E-state index contributed by atoms with van der Waals surface area (Å²) in [6, 6.07) is 12.0. The molecule has 1 N–H and O–H groups in total. The molecule has 0 atom stereocenters. The van der Waals surface area contributed by atoms with E-state index in [1.165, 1.54) is 5.56 Å². The minimum absolute atomic E-state index is 0.0435. The number of hydrogen-bond donors (Lipinski definition) is 1. The summed E-state index contributed by atoms with van der Waals surface area (Å²) in [4.78, 5) is 17.0. The number of imidazole rings is 1. The summed E-state index contributed by atoms with van der Waals surface area (Å²) in [5.41, 5.74) is 6.07. The van der Waals surface area contributed by atoms with Gasteiger partial charge in [-0.15, -0.1) is 0 Å². The van der Waals surface area contributed by atoms with E-state index in [2.05, 4.69) is 23.3 Å². The maximum Gasteiger partial charge on any atom is 0.224 e. The van der Waals surface area contributed by atoms with E-state index in [1.807, 2.05) is 48.9 Å². The maximum absolute atomic E-state index is 12.4. The van der Waals surface area contributed by atoms with E-state index in [4.69, 9.17) is 4.42 Å². The molecular weight excluding hydrogens is 326 g/mol. The molecule has 2 aromatic carbocycles. The van der Waals surface area contributed by atoms with Crippen LogP contribution in [0.15, 0.2) is 47.1 Å². The van der Waals surface area contributed by atoms with E-state index in [0.29, 0.717) is 13.0 Å². The number of aromatic nitrogens is 2. The molecular formula is C21H21N3O2. The van der Waals surface area contributed by atoms with Gasteiger partial charge in [-0.2, -0.15) is 0 Å². The molecule has 0 spiro atoms. The molecule has 0 saturated carbocycles. The third-order valence-electron chi connectivity index (χ3n) is 5.02. The Morgan fingerprint density at radius 2 is 2.00 bits per heavy atom. The molecule has 0 unspecified atom stereocenters. The predicted molar refractivity (Wildman–Crippen MR) is 102 cm³/mol. The van der Waals surface area contributed by atoms with Crippen LogP contribution in [0.3, 0.4) is 0 Å². The Morgan fingerprint density at radius 1 is 1.19 bits per heavy atom. The minimum atomic E-state index is -0.0435. The second-order valence-corrected chi connectivity index (χ2v) is 6.67. The van der Waals surface area contributed by atoms with Crippen LogP contribution in [0.4, 0.5) is 0 Å². The fourth-order valence-corrected chi connectivity index (χ4v) is 3.29. The van der Waals surface area contributed by atoms with Gasteiger partial charge in [0.15, 0.2) is 0 Å². The number of carbonyl (C=O) groups is 1. The van der Waals surface area contributed by atoms with Gasteiger partial charge in [0.2, 0.25) is 5.91 Å². The predicted octanol–water partition coefficient (Wildman–Crippen LogP) is 3.80. The molecule has 2 heterocycles. The second kappa shape index (κ2) is 6.33. The summed E-state index contributed by atoms with van der Waals surface area (Å²) in [6.07, 6.45) is 1.98. The molecule has 0 bridgehead atoms. The number of hydrogen-bond acceptors (Lipinski definition) is 3. The molecule has 132 valence electrons. The number of para-hydroxylation sites is 2.